The van der Waals surface area contributed by atoms with Gasteiger partial charge in [-0.05, 0) is 104 Å². The molecule has 10 aromatic carbocycles. The molecule has 1 aliphatic heterocycles. The lowest BCUT2D eigenvalue weighted by molar-refractivity contribution is 0.660. The molecule has 2 aromatic heterocycles. The topological polar surface area (TPSA) is 8.17 Å². The van der Waals surface area contributed by atoms with Crippen molar-refractivity contribution >= 4 is 81.1 Å². The summed E-state index contributed by atoms with van der Waals surface area (Å²) in [5, 5.41) is 7.65. The van der Waals surface area contributed by atoms with Gasteiger partial charge in [0.2, 0.25) is 0 Å². The molecule has 0 N–H and O–H groups in total. The molecule has 3 heterocycles. The minimum Gasteiger partial charge on any atom is -0.310 e. The Morgan fingerprint density at radius 1 is 0.403 bits per heavy atom. The molecule has 0 saturated heterocycles. The molecule has 0 bridgehead atoms. The predicted octanol–water partition coefficient (Wildman–Crippen LogP) is 18.0. The van der Waals surface area contributed by atoms with Crippen molar-refractivity contribution in [1.29, 1.82) is 0 Å². The number of nitrogens with zero attached hydrogens (tertiary/aromatic N) is 2. The van der Waals surface area contributed by atoms with Gasteiger partial charge in [-0.25, -0.2) is 0 Å². The van der Waals surface area contributed by atoms with E-state index in [1.54, 1.807) is 0 Å². The van der Waals surface area contributed by atoms with Gasteiger partial charge in [0.1, 0.15) is 0 Å². The van der Waals surface area contributed by atoms with E-state index in [-0.39, 0.29) is 10.8 Å². The molecule has 0 unspecified atom stereocenters. The molecule has 0 radical (unpaired) electrons. The maximum absolute atomic E-state index is 2.61. The highest BCUT2D eigenvalue weighted by atomic mass is 32.1. The van der Waals surface area contributed by atoms with Crippen LogP contribution < -0.4 is 4.90 Å². The van der Waals surface area contributed by atoms with Crippen LogP contribution in [0.2, 0.25) is 0 Å². The van der Waals surface area contributed by atoms with E-state index in [0.717, 1.165) is 11.4 Å². The monoisotopic (exact) mass is 872 g/mol. The molecule has 0 atom stereocenters. The fourth-order valence-electron chi connectivity index (χ4n) is 12.8. The number of aromatic nitrogens is 1. The van der Waals surface area contributed by atoms with Gasteiger partial charge in [0.15, 0.2) is 0 Å². The second kappa shape index (κ2) is 13.0. The molecular formula is C64H44N2S. The quantitative estimate of drug-likeness (QED) is 0.171. The van der Waals surface area contributed by atoms with Crippen LogP contribution in [0.3, 0.4) is 0 Å². The number of fused-ring (bicyclic) bond motifs is 13. The third-order valence-electron chi connectivity index (χ3n) is 15.9. The largest absolute Gasteiger partial charge is 0.310 e. The minimum absolute atomic E-state index is 0.0990. The molecule has 2 aliphatic carbocycles. The van der Waals surface area contributed by atoms with E-state index in [0.29, 0.717) is 0 Å². The number of anilines is 3. The van der Waals surface area contributed by atoms with Crippen LogP contribution in [0.1, 0.15) is 49.9 Å². The Hall–Kier alpha value is -7.72. The van der Waals surface area contributed by atoms with Gasteiger partial charge >= 0.3 is 0 Å². The Kier molecular flexibility index (Phi) is 7.28. The van der Waals surface area contributed by atoms with Crippen LogP contribution in [0.5, 0.6) is 0 Å². The van der Waals surface area contributed by atoms with Gasteiger partial charge in [-0.3, -0.25) is 0 Å². The van der Waals surface area contributed by atoms with E-state index >= 15 is 0 Å². The minimum atomic E-state index is -0.120. The van der Waals surface area contributed by atoms with E-state index < -0.39 is 0 Å². The van der Waals surface area contributed by atoms with Gasteiger partial charge in [-0.2, -0.15) is 0 Å². The van der Waals surface area contributed by atoms with Gasteiger partial charge in [0, 0.05) is 75.4 Å². The first kappa shape index (κ1) is 37.5. The van der Waals surface area contributed by atoms with Gasteiger partial charge in [0.25, 0.3) is 0 Å². The van der Waals surface area contributed by atoms with Crippen molar-refractivity contribution < 1.29 is 0 Å². The second-order valence-electron chi connectivity index (χ2n) is 20.0. The number of para-hydroxylation sites is 2. The molecule has 316 valence electrons. The first-order chi connectivity index (χ1) is 32.8. The van der Waals surface area contributed by atoms with Crippen molar-refractivity contribution in [3.63, 3.8) is 0 Å². The van der Waals surface area contributed by atoms with Gasteiger partial charge in [0.05, 0.1) is 22.4 Å². The fourth-order valence-corrected chi connectivity index (χ4v) is 13.9. The highest BCUT2D eigenvalue weighted by Crippen LogP contribution is 2.59. The lowest BCUT2D eigenvalue weighted by Gasteiger charge is -2.29. The number of rotatable bonds is 4. The van der Waals surface area contributed by atoms with Gasteiger partial charge in [-0.1, -0.05) is 173 Å². The summed E-state index contributed by atoms with van der Waals surface area (Å²) >= 11 is 1.88. The van der Waals surface area contributed by atoms with Crippen LogP contribution in [0.15, 0.2) is 194 Å². The maximum Gasteiger partial charge on any atom is 0.0623 e. The zero-order valence-electron chi connectivity index (χ0n) is 37.8. The van der Waals surface area contributed by atoms with Gasteiger partial charge < -0.3 is 9.47 Å². The average molecular weight is 873 g/mol. The van der Waals surface area contributed by atoms with Crippen LogP contribution in [-0.2, 0) is 10.8 Å². The van der Waals surface area contributed by atoms with Crippen LogP contribution in [0.4, 0.5) is 17.1 Å². The number of hydrogen-bond donors (Lipinski definition) is 0. The summed E-state index contributed by atoms with van der Waals surface area (Å²) in [5.74, 6) is 0. The van der Waals surface area contributed by atoms with Crippen LogP contribution in [0, 0.1) is 0 Å². The summed E-state index contributed by atoms with van der Waals surface area (Å²) in [5.41, 5.74) is 23.1. The molecule has 0 fully saturated rings. The molecular weight excluding hydrogens is 829 g/mol. The van der Waals surface area contributed by atoms with Crippen molar-refractivity contribution in [2.75, 3.05) is 4.90 Å². The molecule has 67 heavy (non-hydrogen) atoms. The summed E-state index contributed by atoms with van der Waals surface area (Å²) in [7, 11) is 0. The van der Waals surface area contributed by atoms with Crippen molar-refractivity contribution in [3.8, 4) is 50.2 Å². The van der Waals surface area contributed by atoms with Crippen LogP contribution >= 0.6 is 11.3 Å². The fraction of sp³-hybridized carbons (Fsp3) is 0.0938. The smallest absolute Gasteiger partial charge is 0.0623 e. The van der Waals surface area contributed by atoms with Crippen molar-refractivity contribution in [2.45, 2.75) is 38.5 Å². The zero-order chi connectivity index (χ0) is 44.5. The second-order valence-corrected chi connectivity index (χ2v) is 21.1. The van der Waals surface area contributed by atoms with Crippen molar-refractivity contribution in [2.24, 2.45) is 0 Å². The van der Waals surface area contributed by atoms with E-state index in [9.17, 15) is 0 Å². The average Bonchev–Trinajstić information content (AvgIpc) is 4.01. The number of thiophene rings is 1. The molecule has 15 rings (SSSR count). The Morgan fingerprint density at radius 2 is 1.03 bits per heavy atom. The van der Waals surface area contributed by atoms with Crippen molar-refractivity contribution in [1.82, 2.24) is 4.57 Å². The highest BCUT2D eigenvalue weighted by molar-refractivity contribution is 7.25. The Labute approximate surface area is 393 Å². The summed E-state index contributed by atoms with van der Waals surface area (Å²) in [6.45, 7) is 9.55. The highest BCUT2D eigenvalue weighted by Gasteiger charge is 2.42. The predicted molar refractivity (Wildman–Crippen MR) is 285 cm³/mol. The summed E-state index contributed by atoms with van der Waals surface area (Å²) in [6, 6.07) is 73.8. The summed E-state index contributed by atoms with van der Waals surface area (Å²) < 4.78 is 5.22. The SMILES string of the molecule is CC1(C)c2ccccc2-c2c(N(c3ccc4ccc(-c5cccc6c5-n5c7ccccc7c7ccc8c(c75)-c5c-6cccc5C8(C)C)cc4c3)c3ccc4c(c3)sc3ccccc34)cccc21. The third-order valence-corrected chi connectivity index (χ3v) is 17.0. The Bertz CT molecular complexity index is 4180. The number of hydrogen-bond acceptors (Lipinski definition) is 2. The van der Waals surface area contributed by atoms with E-state index in [2.05, 4.69) is 231 Å². The molecule has 12 aromatic rings. The Morgan fingerprint density at radius 3 is 1.94 bits per heavy atom. The van der Waals surface area contributed by atoms with Crippen molar-refractivity contribution in [3.05, 3.63) is 216 Å². The number of benzene rings is 10. The molecule has 0 amide bonds. The van der Waals surface area contributed by atoms with E-state index in [1.807, 2.05) is 11.3 Å². The van der Waals surface area contributed by atoms with Gasteiger partial charge in [-0.15, -0.1) is 11.3 Å². The molecule has 3 heteroatoms. The standard InChI is InChI=1S/C64H44N2S/c1-63(2)50-20-8-5-16-49(50)58-51(63)22-13-24-55(58)65(41-30-31-45-44-15-7-10-25-56(44)67-57(45)36-41)40-29-28-37-26-27-38(34-39(37)35-40)42-17-11-19-47-46-18-12-21-52-59(46)60-53(64(52,3)4)33-32-48-43-14-6-9-23-54(43)66(61(42)47)62(48)60/h5-36H,1-4H3. The summed E-state index contributed by atoms with van der Waals surface area (Å²) in [6.07, 6.45) is 0. The normalized spacial score (nSPS) is 14.5. The molecule has 0 spiro atoms. The van der Waals surface area contributed by atoms with Crippen LogP contribution in [0.25, 0.3) is 103 Å². The molecule has 0 saturated carbocycles. The maximum atomic E-state index is 2.61. The lowest BCUT2D eigenvalue weighted by Crippen LogP contribution is -2.16. The van der Waals surface area contributed by atoms with Crippen LogP contribution in [-0.4, -0.2) is 4.57 Å². The third kappa shape index (κ3) is 4.84. The molecule has 3 aliphatic rings. The Balaban J connectivity index is 0.972. The zero-order valence-corrected chi connectivity index (χ0v) is 38.6. The first-order valence-corrected chi connectivity index (χ1v) is 24.4. The van der Waals surface area contributed by atoms with E-state index in [4.69, 9.17) is 0 Å². The first-order valence-electron chi connectivity index (χ1n) is 23.6. The molecule has 2 nitrogen and oxygen atoms in total. The summed E-state index contributed by atoms with van der Waals surface area (Å²) in [4.78, 5) is 2.52. The van der Waals surface area contributed by atoms with E-state index in [1.165, 1.54) is 131 Å². The lowest BCUT2D eigenvalue weighted by atomic mass is 9.81.